The molecule has 11 heteroatoms. The first-order valence-electron chi connectivity index (χ1n) is 13.3. The molecule has 6 rings (SSSR count). The smallest absolute Gasteiger partial charge is 0.151 e. The third kappa shape index (κ3) is 6.22. The number of aromatic nitrogens is 4. The van der Waals surface area contributed by atoms with Crippen molar-refractivity contribution in [3.8, 4) is 33.4 Å². The summed E-state index contributed by atoms with van der Waals surface area (Å²) in [6, 6.07) is 12.5. The van der Waals surface area contributed by atoms with Crippen LogP contribution in [0.3, 0.4) is 0 Å². The normalized spacial score (nSPS) is 14.6. The highest BCUT2D eigenvalue weighted by Crippen LogP contribution is 2.33. The lowest BCUT2D eigenvalue weighted by atomic mass is 9.96. The lowest BCUT2D eigenvalue weighted by Crippen LogP contribution is -2.38. The van der Waals surface area contributed by atoms with Crippen LogP contribution in [0.15, 0.2) is 73.3 Å². The number of nitrogens with zero attached hydrogens (tertiary/aromatic N) is 5. The number of hydrogen-bond acceptors (Lipinski definition) is 6. The van der Waals surface area contributed by atoms with Gasteiger partial charge in [-0.2, -0.15) is 10.2 Å². The van der Waals surface area contributed by atoms with Gasteiger partial charge in [-0.25, -0.2) is 21.7 Å². The minimum Gasteiger partial charge on any atom is -0.379 e. The van der Waals surface area contributed by atoms with E-state index in [-0.39, 0.29) is 11.3 Å². The summed E-state index contributed by atoms with van der Waals surface area (Å²) in [6.45, 7) is 5.10. The molecule has 0 amide bonds. The number of pyridine rings is 1. The maximum atomic E-state index is 14.7. The van der Waals surface area contributed by atoms with Gasteiger partial charge in [0.2, 0.25) is 0 Å². The highest BCUT2D eigenvalue weighted by Gasteiger charge is 2.16. The number of benzene rings is 2. The molecule has 5 aromatic rings. The van der Waals surface area contributed by atoms with Crippen molar-refractivity contribution in [2.45, 2.75) is 12.3 Å². The van der Waals surface area contributed by atoms with Gasteiger partial charge in [-0.05, 0) is 53.1 Å². The van der Waals surface area contributed by atoms with Crippen LogP contribution in [0, 0.1) is 11.6 Å². The maximum Gasteiger partial charge on any atom is 0.151 e. The first-order valence-corrected chi connectivity index (χ1v) is 15.4. The van der Waals surface area contributed by atoms with E-state index in [1.807, 2.05) is 35.4 Å². The zero-order chi connectivity index (χ0) is 28.6. The number of sulfone groups is 1. The molecule has 2 aromatic carbocycles. The SMILES string of the molecule is CS(=O)(=O)Cc1cc(-c2ccc(F)cc2F)cc(-c2cnn3cc(-c4cnn(CCN5CCOCC5)c4)ccc23)c1. The van der Waals surface area contributed by atoms with Gasteiger partial charge in [0.05, 0.1) is 43.4 Å². The average molecular weight is 578 g/mol. The molecule has 1 fully saturated rings. The molecule has 8 nitrogen and oxygen atoms in total. The Morgan fingerprint density at radius 2 is 1.61 bits per heavy atom. The molecular formula is C30H29F2N5O3S. The van der Waals surface area contributed by atoms with Gasteiger partial charge in [-0.15, -0.1) is 0 Å². The fourth-order valence-electron chi connectivity index (χ4n) is 5.19. The molecule has 0 spiro atoms. The second kappa shape index (κ2) is 11.2. The van der Waals surface area contributed by atoms with Gasteiger partial charge in [0.25, 0.3) is 0 Å². The van der Waals surface area contributed by atoms with Crippen molar-refractivity contribution in [2.75, 3.05) is 39.1 Å². The lowest BCUT2D eigenvalue weighted by Gasteiger charge is -2.26. The summed E-state index contributed by atoms with van der Waals surface area (Å²) in [6.07, 6.45) is 8.63. The largest absolute Gasteiger partial charge is 0.379 e. The monoisotopic (exact) mass is 577 g/mol. The van der Waals surface area contributed by atoms with Gasteiger partial charge >= 0.3 is 0 Å². The van der Waals surface area contributed by atoms with Crippen molar-refractivity contribution in [1.82, 2.24) is 24.3 Å². The van der Waals surface area contributed by atoms with Crippen LogP contribution in [0.1, 0.15) is 5.56 Å². The Hall–Kier alpha value is -3.93. The topological polar surface area (TPSA) is 81.7 Å². The summed E-state index contributed by atoms with van der Waals surface area (Å²) in [7, 11) is -3.36. The molecule has 0 bridgehead atoms. The standard InChI is InChI=1S/C30H29F2N5O3S/c1-41(38,39)20-21-12-23(27-4-3-26(31)15-29(27)32)14-24(13-21)28-17-34-37-19-22(2-5-30(28)37)25-16-33-36(18-25)7-6-35-8-10-40-11-9-35/h2-5,12-19H,6-11,20H2,1H3. The zero-order valence-corrected chi connectivity index (χ0v) is 23.3. The van der Waals surface area contributed by atoms with Crippen molar-refractivity contribution >= 4 is 15.4 Å². The highest BCUT2D eigenvalue weighted by atomic mass is 32.2. The molecule has 1 aliphatic heterocycles. The first kappa shape index (κ1) is 27.3. The Labute approximate surface area is 236 Å². The Kier molecular flexibility index (Phi) is 7.41. The maximum absolute atomic E-state index is 14.7. The van der Waals surface area contributed by atoms with E-state index < -0.39 is 21.5 Å². The van der Waals surface area contributed by atoms with Gasteiger partial charge in [0.1, 0.15) is 11.6 Å². The van der Waals surface area contributed by atoms with Crippen LogP contribution in [0.2, 0.25) is 0 Å². The molecule has 0 aliphatic carbocycles. The number of ether oxygens (including phenoxy) is 1. The summed E-state index contributed by atoms with van der Waals surface area (Å²) < 4.78 is 61.6. The third-order valence-corrected chi connectivity index (χ3v) is 8.06. The van der Waals surface area contributed by atoms with Gasteiger partial charge in [-0.1, -0.05) is 6.07 Å². The van der Waals surface area contributed by atoms with Crippen LogP contribution in [-0.4, -0.2) is 71.8 Å². The van der Waals surface area contributed by atoms with E-state index >= 15 is 0 Å². The minimum absolute atomic E-state index is 0.187. The molecule has 0 saturated carbocycles. The van der Waals surface area contributed by atoms with Crippen LogP contribution in [-0.2, 0) is 26.9 Å². The lowest BCUT2D eigenvalue weighted by molar-refractivity contribution is 0.0360. The number of fused-ring (bicyclic) bond motifs is 1. The van der Waals surface area contributed by atoms with E-state index in [1.165, 1.54) is 12.1 Å². The van der Waals surface area contributed by atoms with Crippen molar-refractivity contribution < 1.29 is 21.9 Å². The van der Waals surface area contributed by atoms with Crippen LogP contribution in [0.5, 0.6) is 0 Å². The van der Waals surface area contributed by atoms with Gasteiger partial charge < -0.3 is 4.74 Å². The second-order valence-electron chi connectivity index (χ2n) is 10.4. The highest BCUT2D eigenvalue weighted by molar-refractivity contribution is 7.89. The summed E-state index contributed by atoms with van der Waals surface area (Å²) >= 11 is 0. The van der Waals surface area contributed by atoms with E-state index in [2.05, 4.69) is 15.1 Å². The average Bonchev–Trinajstić information content (AvgIpc) is 3.58. The van der Waals surface area contributed by atoms with Crippen LogP contribution >= 0.6 is 0 Å². The Bertz CT molecular complexity index is 1830. The number of rotatable bonds is 8. The predicted octanol–water partition coefficient (Wildman–Crippen LogP) is 4.69. The molecule has 212 valence electrons. The summed E-state index contributed by atoms with van der Waals surface area (Å²) in [5, 5.41) is 9.08. The molecule has 4 heterocycles. The van der Waals surface area contributed by atoms with E-state index in [9.17, 15) is 17.2 Å². The first-order chi connectivity index (χ1) is 19.7. The second-order valence-corrected chi connectivity index (χ2v) is 12.5. The van der Waals surface area contributed by atoms with Crippen LogP contribution in [0.25, 0.3) is 38.9 Å². The van der Waals surface area contributed by atoms with E-state index in [0.717, 1.165) is 73.9 Å². The molecular weight excluding hydrogens is 548 g/mol. The van der Waals surface area contributed by atoms with E-state index in [0.29, 0.717) is 16.7 Å². The summed E-state index contributed by atoms with van der Waals surface area (Å²) in [5.74, 6) is -1.61. The Morgan fingerprint density at radius 1 is 0.829 bits per heavy atom. The number of morpholine rings is 1. The molecule has 3 aromatic heterocycles. The van der Waals surface area contributed by atoms with Gasteiger partial charge in [0, 0.05) is 66.6 Å². The van der Waals surface area contributed by atoms with Crippen molar-refractivity contribution in [1.29, 1.82) is 0 Å². The summed E-state index contributed by atoms with van der Waals surface area (Å²) in [4.78, 5) is 2.36. The molecule has 0 radical (unpaired) electrons. The van der Waals surface area contributed by atoms with Gasteiger partial charge in [-0.3, -0.25) is 9.58 Å². The van der Waals surface area contributed by atoms with E-state index in [4.69, 9.17) is 4.74 Å². The minimum atomic E-state index is -3.36. The number of hydrogen-bond donors (Lipinski definition) is 0. The van der Waals surface area contributed by atoms with Crippen LogP contribution < -0.4 is 0 Å². The molecule has 0 atom stereocenters. The van der Waals surface area contributed by atoms with Crippen LogP contribution in [0.4, 0.5) is 8.78 Å². The molecule has 1 aliphatic rings. The zero-order valence-electron chi connectivity index (χ0n) is 22.5. The fourth-order valence-corrected chi connectivity index (χ4v) is 5.97. The fraction of sp³-hybridized carbons (Fsp3) is 0.267. The Morgan fingerprint density at radius 3 is 2.37 bits per heavy atom. The summed E-state index contributed by atoms with van der Waals surface area (Å²) in [5.41, 5.74) is 5.31. The molecule has 0 unspecified atom stereocenters. The van der Waals surface area contributed by atoms with E-state index in [1.54, 1.807) is 28.9 Å². The Balaban J connectivity index is 1.31. The van der Waals surface area contributed by atoms with Crippen molar-refractivity contribution in [2.24, 2.45) is 0 Å². The van der Waals surface area contributed by atoms with Crippen molar-refractivity contribution in [3.63, 3.8) is 0 Å². The molecule has 41 heavy (non-hydrogen) atoms. The van der Waals surface area contributed by atoms with Gasteiger partial charge in [0.15, 0.2) is 9.84 Å². The van der Waals surface area contributed by atoms with Crippen molar-refractivity contribution in [3.05, 3.63) is 90.5 Å². The quantitative estimate of drug-likeness (QED) is 0.266. The number of halogens is 2. The molecule has 0 N–H and O–H groups in total. The molecule has 1 saturated heterocycles. The third-order valence-electron chi connectivity index (χ3n) is 7.21. The predicted molar refractivity (Wildman–Crippen MR) is 153 cm³/mol.